The number of ketones is 1. The highest BCUT2D eigenvalue weighted by atomic mass is 16.5. The van der Waals surface area contributed by atoms with Crippen LogP contribution >= 0.6 is 0 Å². The Morgan fingerprint density at radius 1 is 1.00 bits per heavy atom. The number of carbonyl (C=O) groups excluding carboxylic acids is 3. The highest BCUT2D eigenvalue weighted by Crippen LogP contribution is 2.22. The van der Waals surface area contributed by atoms with Crippen LogP contribution < -0.4 is 5.32 Å². The maximum atomic E-state index is 12.4. The molecule has 1 aliphatic rings. The molecule has 0 radical (unpaired) electrons. The van der Waals surface area contributed by atoms with Crippen molar-refractivity contribution in [2.45, 2.75) is 38.1 Å². The molecule has 1 aliphatic carbocycles. The summed E-state index contributed by atoms with van der Waals surface area (Å²) >= 11 is 0. The zero-order valence-electron chi connectivity index (χ0n) is 16.5. The fourth-order valence-electron chi connectivity index (χ4n) is 3.54. The molecule has 1 amide bonds. The van der Waals surface area contributed by atoms with E-state index in [1.807, 2.05) is 42.5 Å². The lowest BCUT2D eigenvalue weighted by atomic mass is 9.90. The Labute approximate surface area is 170 Å². The summed E-state index contributed by atoms with van der Waals surface area (Å²) in [6.07, 6.45) is 7.09. The molecule has 150 valence electrons. The highest BCUT2D eigenvalue weighted by Gasteiger charge is 2.21. The molecule has 3 rings (SSSR count). The molecule has 5 nitrogen and oxygen atoms in total. The Bertz CT molecular complexity index is 918. The minimum Gasteiger partial charge on any atom is -0.467 e. The van der Waals surface area contributed by atoms with E-state index in [0.717, 1.165) is 24.8 Å². The number of nitrogens with one attached hydrogen (secondary N) is 1. The predicted molar refractivity (Wildman–Crippen MR) is 111 cm³/mol. The van der Waals surface area contributed by atoms with Gasteiger partial charge in [-0.1, -0.05) is 42.5 Å². The first-order chi connectivity index (χ1) is 14.1. The molecule has 0 saturated heterocycles. The third-order valence-electron chi connectivity index (χ3n) is 5.10. The van der Waals surface area contributed by atoms with Crippen LogP contribution in [-0.2, 0) is 33.6 Å². The Morgan fingerprint density at radius 3 is 2.45 bits per heavy atom. The average molecular weight is 391 g/mol. The number of fused-ring (bicyclic) bond motifs is 1. The van der Waals surface area contributed by atoms with Crippen molar-refractivity contribution < 1.29 is 19.1 Å². The van der Waals surface area contributed by atoms with E-state index in [0.29, 0.717) is 12.0 Å². The molecule has 0 fully saturated rings. The van der Waals surface area contributed by atoms with E-state index in [-0.39, 0.29) is 5.78 Å². The minimum atomic E-state index is -0.821. The Morgan fingerprint density at radius 2 is 1.72 bits per heavy atom. The molecule has 1 N–H and O–H groups in total. The van der Waals surface area contributed by atoms with Crippen LogP contribution in [0.4, 0.5) is 0 Å². The molecule has 2 aromatic carbocycles. The molecule has 0 saturated carbocycles. The summed E-state index contributed by atoms with van der Waals surface area (Å²) in [4.78, 5) is 36.7. The molecule has 5 heteroatoms. The quantitative estimate of drug-likeness (QED) is 0.447. The fraction of sp³-hybridized carbons (Fsp3) is 0.292. The van der Waals surface area contributed by atoms with Crippen molar-refractivity contribution in [1.29, 1.82) is 0 Å². The maximum Gasteiger partial charge on any atom is 0.328 e. The molecule has 2 aromatic rings. The number of benzene rings is 2. The largest absolute Gasteiger partial charge is 0.467 e. The lowest BCUT2D eigenvalue weighted by Crippen LogP contribution is -2.42. The monoisotopic (exact) mass is 391 g/mol. The van der Waals surface area contributed by atoms with Crippen molar-refractivity contribution >= 4 is 17.7 Å². The molecule has 0 unspecified atom stereocenters. The molecule has 1 atom stereocenters. The highest BCUT2D eigenvalue weighted by molar-refractivity contribution is 6.08. The number of carbonyl (C=O) groups is 3. The van der Waals surface area contributed by atoms with E-state index in [9.17, 15) is 14.4 Å². The smallest absolute Gasteiger partial charge is 0.328 e. The summed E-state index contributed by atoms with van der Waals surface area (Å²) in [6.45, 7) is 0. The van der Waals surface area contributed by atoms with Crippen molar-refractivity contribution in [3.05, 3.63) is 82.9 Å². The number of esters is 1. The minimum absolute atomic E-state index is 0.230. The van der Waals surface area contributed by atoms with E-state index in [1.54, 1.807) is 6.07 Å². The number of aryl methyl sites for hydroxylation is 2. The van der Waals surface area contributed by atoms with Crippen LogP contribution in [0.15, 0.2) is 60.7 Å². The zero-order chi connectivity index (χ0) is 20.6. The van der Waals surface area contributed by atoms with Crippen molar-refractivity contribution in [3.63, 3.8) is 0 Å². The van der Waals surface area contributed by atoms with Gasteiger partial charge in [0.25, 0.3) is 0 Å². The van der Waals surface area contributed by atoms with E-state index >= 15 is 0 Å². The molecule has 29 heavy (non-hydrogen) atoms. The van der Waals surface area contributed by atoms with Gasteiger partial charge < -0.3 is 10.1 Å². The number of hydrogen-bond donors (Lipinski definition) is 1. The summed E-state index contributed by atoms with van der Waals surface area (Å²) in [7, 11) is 1.28. The van der Waals surface area contributed by atoms with Crippen LogP contribution in [-0.4, -0.2) is 30.8 Å². The summed E-state index contributed by atoms with van der Waals surface area (Å²) in [5.41, 5.74) is 3.99. The third-order valence-corrected chi connectivity index (χ3v) is 5.10. The van der Waals surface area contributed by atoms with Gasteiger partial charge in [0.15, 0.2) is 5.78 Å². The van der Waals surface area contributed by atoms with E-state index in [1.165, 1.54) is 36.8 Å². The molecule has 0 bridgehead atoms. The van der Waals surface area contributed by atoms with Gasteiger partial charge in [0.05, 0.1) is 7.11 Å². The second-order valence-corrected chi connectivity index (χ2v) is 7.16. The number of ether oxygens (including phenoxy) is 1. The maximum absolute atomic E-state index is 12.4. The molecule has 0 heterocycles. The normalized spacial score (nSPS) is 14.1. The lowest BCUT2D eigenvalue weighted by Gasteiger charge is -2.16. The molecular weight excluding hydrogens is 366 g/mol. The summed E-state index contributed by atoms with van der Waals surface area (Å²) < 4.78 is 4.79. The first kappa shape index (κ1) is 20.5. The van der Waals surface area contributed by atoms with Gasteiger partial charge in [-0.2, -0.15) is 0 Å². The first-order valence-electron chi connectivity index (χ1n) is 9.83. The van der Waals surface area contributed by atoms with Gasteiger partial charge >= 0.3 is 5.97 Å². The average Bonchev–Trinajstić information content (AvgIpc) is 2.76. The van der Waals surface area contributed by atoms with Crippen molar-refractivity contribution in [2.24, 2.45) is 0 Å². The van der Waals surface area contributed by atoms with Crippen LogP contribution in [0.5, 0.6) is 0 Å². The van der Waals surface area contributed by atoms with E-state index < -0.39 is 17.9 Å². The lowest BCUT2D eigenvalue weighted by molar-refractivity contribution is -0.144. The van der Waals surface area contributed by atoms with Crippen LogP contribution in [0.2, 0.25) is 0 Å². The number of allylic oxidation sites excluding steroid dienone is 1. The first-order valence-corrected chi connectivity index (χ1v) is 9.83. The topological polar surface area (TPSA) is 72.5 Å². The number of methoxy groups -OCH3 is 1. The van der Waals surface area contributed by atoms with E-state index in [2.05, 4.69) is 5.32 Å². The van der Waals surface area contributed by atoms with Crippen LogP contribution in [0.3, 0.4) is 0 Å². The summed E-state index contributed by atoms with van der Waals surface area (Å²) in [6, 6.07) is 14.3. The predicted octanol–water partition coefficient (Wildman–Crippen LogP) is 3.20. The molecule has 0 aliphatic heterocycles. The van der Waals surface area contributed by atoms with Crippen LogP contribution in [0.1, 0.15) is 39.9 Å². The number of hydrogen-bond acceptors (Lipinski definition) is 4. The van der Waals surface area contributed by atoms with Crippen molar-refractivity contribution in [1.82, 2.24) is 5.32 Å². The Balaban J connectivity index is 1.63. The SMILES string of the molecule is COC(=O)[C@H](Cc1ccccc1)NC(=O)/C=C/C(=O)c1ccc2c(c1)CCCC2. The second-order valence-electron chi connectivity index (χ2n) is 7.16. The van der Waals surface area contributed by atoms with Gasteiger partial charge in [0.1, 0.15) is 6.04 Å². The van der Waals surface area contributed by atoms with Gasteiger partial charge in [-0.15, -0.1) is 0 Å². The Kier molecular flexibility index (Phi) is 6.95. The number of amides is 1. The van der Waals surface area contributed by atoms with Gasteiger partial charge in [0.2, 0.25) is 5.91 Å². The van der Waals surface area contributed by atoms with Gasteiger partial charge in [-0.3, -0.25) is 9.59 Å². The molecular formula is C24H25NO4. The summed E-state index contributed by atoms with van der Waals surface area (Å²) in [5, 5.41) is 2.62. The zero-order valence-corrected chi connectivity index (χ0v) is 16.5. The third kappa shape index (κ3) is 5.64. The molecule has 0 aromatic heterocycles. The van der Waals surface area contributed by atoms with Crippen LogP contribution in [0.25, 0.3) is 0 Å². The van der Waals surface area contributed by atoms with E-state index in [4.69, 9.17) is 4.74 Å². The number of rotatable bonds is 7. The summed E-state index contributed by atoms with van der Waals surface area (Å²) in [5.74, 6) is -1.27. The van der Waals surface area contributed by atoms with Crippen molar-refractivity contribution in [3.8, 4) is 0 Å². The Hall–Kier alpha value is -3.21. The fourth-order valence-corrected chi connectivity index (χ4v) is 3.54. The van der Waals surface area contributed by atoms with Gasteiger partial charge in [0, 0.05) is 18.1 Å². The van der Waals surface area contributed by atoms with Gasteiger partial charge in [-0.05, 0) is 54.5 Å². The second kappa shape index (κ2) is 9.82. The van der Waals surface area contributed by atoms with Gasteiger partial charge in [-0.25, -0.2) is 4.79 Å². The standard InChI is InChI=1S/C24H25NO4/c1-29-24(28)21(15-17-7-3-2-4-8-17)25-23(27)14-13-22(26)20-12-11-18-9-5-6-10-19(18)16-20/h2-4,7-8,11-14,16,21H,5-6,9-10,15H2,1H3,(H,25,27)/b14-13+/t21-/m0/s1. The molecule has 0 spiro atoms. The van der Waals surface area contributed by atoms with Crippen molar-refractivity contribution in [2.75, 3.05) is 7.11 Å². The van der Waals surface area contributed by atoms with Crippen LogP contribution in [0, 0.1) is 0 Å².